The summed E-state index contributed by atoms with van der Waals surface area (Å²) in [5, 5.41) is 3.06. The molecule has 2 heterocycles. The number of hydrogen-bond acceptors (Lipinski definition) is 7. The molecular formula is C28H32N2O5. The number of rotatable bonds is 7. The molecule has 1 saturated heterocycles. The second-order valence-corrected chi connectivity index (χ2v) is 9.99. The molecule has 2 fully saturated rings. The molecule has 0 amide bonds. The van der Waals surface area contributed by atoms with Crippen molar-refractivity contribution < 1.29 is 23.9 Å². The Morgan fingerprint density at radius 1 is 1.17 bits per heavy atom. The fourth-order valence-electron chi connectivity index (χ4n) is 5.50. The Kier molecular flexibility index (Phi) is 6.13. The maximum Gasteiger partial charge on any atom is 0.350 e. The van der Waals surface area contributed by atoms with E-state index in [-0.39, 0.29) is 23.9 Å². The van der Waals surface area contributed by atoms with E-state index >= 15 is 0 Å². The van der Waals surface area contributed by atoms with Crippen LogP contribution in [-0.4, -0.2) is 41.4 Å². The van der Waals surface area contributed by atoms with Gasteiger partial charge in [0, 0.05) is 24.1 Å². The molecule has 184 valence electrons. The molecule has 0 bridgehead atoms. The molecule has 7 nitrogen and oxygen atoms in total. The molecule has 7 heteroatoms. The summed E-state index contributed by atoms with van der Waals surface area (Å²) in [6, 6.07) is 6.64. The maximum absolute atomic E-state index is 13.6. The summed E-state index contributed by atoms with van der Waals surface area (Å²) in [6.07, 6.45) is 12.1. The van der Waals surface area contributed by atoms with Crippen LogP contribution in [0.3, 0.4) is 0 Å². The predicted molar refractivity (Wildman–Crippen MR) is 131 cm³/mol. The first-order valence-electron chi connectivity index (χ1n) is 12.5. The zero-order valence-electron chi connectivity index (χ0n) is 20.1. The Bertz CT molecular complexity index is 1160. The molecule has 2 atom stereocenters. The van der Waals surface area contributed by atoms with Crippen LogP contribution in [0.15, 0.2) is 59.5 Å². The highest BCUT2D eigenvalue weighted by atomic mass is 16.7. The van der Waals surface area contributed by atoms with Crippen LogP contribution in [0.1, 0.15) is 79.0 Å². The van der Waals surface area contributed by atoms with E-state index in [0.29, 0.717) is 17.9 Å². The Balaban J connectivity index is 1.38. The number of epoxide rings is 1. The smallest absolute Gasteiger partial charge is 0.350 e. The summed E-state index contributed by atoms with van der Waals surface area (Å²) in [6.45, 7) is 2.69. The predicted octanol–water partition coefficient (Wildman–Crippen LogP) is 3.90. The highest BCUT2D eigenvalue weighted by Gasteiger charge is 2.85. The average Bonchev–Trinajstić information content (AvgIpc) is 3.58. The lowest BCUT2D eigenvalue weighted by atomic mass is 9.72. The highest BCUT2D eigenvalue weighted by Crippen LogP contribution is 2.58. The van der Waals surface area contributed by atoms with Crippen molar-refractivity contribution in [1.29, 1.82) is 0 Å². The van der Waals surface area contributed by atoms with Gasteiger partial charge in [-0.2, -0.15) is 0 Å². The van der Waals surface area contributed by atoms with E-state index in [1.54, 1.807) is 24.3 Å². The zero-order chi connectivity index (χ0) is 24.6. The lowest BCUT2D eigenvalue weighted by Gasteiger charge is -2.27. The normalized spacial score (nSPS) is 28.3. The number of allylic oxidation sites excluding steroid dienone is 3. The number of dihydropyridines is 1. The third-order valence-electron chi connectivity index (χ3n) is 7.63. The summed E-state index contributed by atoms with van der Waals surface area (Å²) in [4.78, 5) is 40.7. The molecule has 2 aliphatic carbocycles. The Morgan fingerprint density at radius 2 is 1.89 bits per heavy atom. The second-order valence-electron chi connectivity index (χ2n) is 9.99. The third-order valence-corrected chi connectivity index (χ3v) is 7.63. The Hall–Kier alpha value is -3.19. The number of fused-ring (bicyclic) bond motifs is 2. The molecule has 1 aromatic rings. The Labute approximate surface area is 205 Å². The van der Waals surface area contributed by atoms with E-state index in [4.69, 9.17) is 15.2 Å². The van der Waals surface area contributed by atoms with E-state index in [1.165, 1.54) is 0 Å². The number of Topliss-reactive ketones (excluding diaryl/α,β-unsaturated/α-hetero) is 2. The number of benzene rings is 1. The van der Waals surface area contributed by atoms with Gasteiger partial charge in [0.25, 0.3) is 5.60 Å². The molecule has 0 radical (unpaired) electrons. The summed E-state index contributed by atoms with van der Waals surface area (Å²) in [7, 11) is 0. The SMILES string of the molecule is CC(=CCC12OC1(C(=O)OC1CCCCC1)C(=O)c1ccccc1C2=O)CCC1=CCNC(N)=C1. The van der Waals surface area contributed by atoms with Crippen LogP contribution in [0, 0.1) is 0 Å². The van der Waals surface area contributed by atoms with Gasteiger partial charge in [0.1, 0.15) is 6.10 Å². The van der Waals surface area contributed by atoms with Crippen molar-refractivity contribution in [2.45, 2.75) is 75.6 Å². The van der Waals surface area contributed by atoms with E-state index in [0.717, 1.165) is 56.1 Å². The van der Waals surface area contributed by atoms with Gasteiger partial charge in [-0.15, -0.1) is 0 Å². The summed E-state index contributed by atoms with van der Waals surface area (Å²) >= 11 is 0. The number of nitrogens with two attached hydrogens (primary N) is 1. The molecule has 5 rings (SSSR count). The van der Waals surface area contributed by atoms with Crippen molar-refractivity contribution in [2.75, 3.05) is 6.54 Å². The van der Waals surface area contributed by atoms with Crippen LogP contribution in [-0.2, 0) is 14.3 Å². The van der Waals surface area contributed by atoms with Gasteiger partial charge in [0.05, 0.1) is 5.82 Å². The quantitative estimate of drug-likeness (QED) is 0.266. The zero-order valence-corrected chi connectivity index (χ0v) is 20.1. The van der Waals surface area contributed by atoms with Gasteiger partial charge < -0.3 is 20.5 Å². The molecule has 1 aromatic carbocycles. The van der Waals surface area contributed by atoms with Crippen molar-refractivity contribution in [2.24, 2.45) is 5.73 Å². The van der Waals surface area contributed by atoms with Crippen molar-refractivity contribution in [3.8, 4) is 0 Å². The molecule has 4 aliphatic rings. The molecule has 2 aliphatic heterocycles. The van der Waals surface area contributed by atoms with Crippen LogP contribution in [0.25, 0.3) is 0 Å². The van der Waals surface area contributed by atoms with Crippen molar-refractivity contribution in [3.63, 3.8) is 0 Å². The maximum atomic E-state index is 13.6. The van der Waals surface area contributed by atoms with Gasteiger partial charge in [0.2, 0.25) is 5.78 Å². The minimum absolute atomic E-state index is 0.149. The molecule has 2 unspecified atom stereocenters. The number of carbonyl (C=O) groups excluding carboxylic acids is 3. The van der Waals surface area contributed by atoms with Crippen LogP contribution < -0.4 is 11.1 Å². The number of hydrogen-bond donors (Lipinski definition) is 2. The highest BCUT2D eigenvalue weighted by molar-refractivity contribution is 6.32. The number of ether oxygens (including phenoxy) is 2. The van der Waals surface area contributed by atoms with Crippen LogP contribution >= 0.6 is 0 Å². The van der Waals surface area contributed by atoms with Gasteiger partial charge in [-0.05, 0) is 57.1 Å². The largest absolute Gasteiger partial charge is 0.460 e. The summed E-state index contributed by atoms with van der Waals surface area (Å²) in [5.74, 6) is -0.862. The van der Waals surface area contributed by atoms with Crippen LogP contribution in [0.2, 0.25) is 0 Å². The van der Waals surface area contributed by atoms with Crippen molar-refractivity contribution >= 4 is 17.5 Å². The molecule has 0 spiro atoms. The van der Waals surface area contributed by atoms with Crippen LogP contribution in [0.4, 0.5) is 0 Å². The van der Waals surface area contributed by atoms with E-state index in [9.17, 15) is 14.4 Å². The van der Waals surface area contributed by atoms with Gasteiger partial charge in [-0.25, -0.2) is 4.79 Å². The fraction of sp³-hybridized carbons (Fsp3) is 0.464. The topological polar surface area (TPSA) is 111 Å². The van der Waals surface area contributed by atoms with E-state index in [2.05, 4.69) is 11.4 Å². The first-order chi connectivity index (χ1) is 16.9. The van der Waals surface area contributed by atoms with E-state index < -0.39 is 23.0 Å². The lowest BCUT2D eigenvalue weighted by molar-refractivity contribution is -0.155. The molecule has 35 heavy (non-hydrogen) atoms. The average molecular weight is 477 g/mol. The van der Waals surface area contributed by atoms with Gasteiger partial charge >= 0.3 is 5.97 Å². The number of nitrogens with one attached hydrogen (secondary N) is 1. The monoisotopic (exact) mass is 476 g/mol. The third kappa shape index (κ3) is 4.01. The minimum atomic E-state index is -1.89. The summed E-state index contributed by atoms with van der Waals surface area (Å²) < 4.78 is 11.7. The number of ketones is 2. The van der Waals surface area contributed by atoms with Crippen LogP contribution in [0.5, 0.6) is 0 Å². The first-order valence-corrected chi connectivity index (χ1v) is 12.5. The summed E-state index contributed by atoms with van der Waals surface area (Å²) in [5.41, 5.74) is 5.17. The van der Waals surface area contributed by atoms with Gasteiger partial charge in [-0.3, -0.25) is 9.59 Å². The molecule has 0 aromatic heterocycles. The Morgan fingerprint density at radius 3 is 2.60 bits per heavy atom. The minimum Gasteiger partial charge on any atom is -0.460 e. The number of carbonyl (C=O) groups is 3. The molecule has 3 N–H and O–H groups in total. The standard InChI is InChI=1S/C28H32N2O5/c1-18(11-12-19-14-16-30-23(29)17-19)13-15-27-24(31)21-9-5-6-10-22(21)25(32)28(27,35-27)26(33)34-20-7-3-2-4-8-20/h5-6,9-10,13-14,17,20,30H,2-4,7-8,11-12,15-16,29H2,1H3. The molecule has 1 saturated carbocycles. The number of esters is 1. The second kappa shape index (κ2) is 9.11. The van der Waals surface area contributed by atoms with E-state index in [1.807, 2.05) is 19.1 Å². The first kappa shape index (κ1) is 23.5. The fourth-order valence-corrected chi connectivity index (χ4v) is 5.50. The lowest BCUT2D eigenvalue weighted by Crippen LogP contribution is -2.51. The van der Waals surface area contributed by atoms with Gasteiger partial charge in [0.15, 0.2) is 11.4 Å². The van der Waals surface area contributed by atoms with Gasteiger partial charge in [-0.1, -0.05) is 48.4 Å². The van der Waals surface area contributed by atoms with Crippen molar-refractivity contribution in [1.82, 2.24) is 5.32 Å². The van der Waals surface area contributed by atoms with Crippen molar-refractivity contribution in [3.05, 3.63) is 70.6 Å². The molecular weight excluding hydrogens is 444 g/mol.